The summed E-state index contributed by atoms with van der Waals surface area (Å²) in [4.78, 5) is 11.6. The lowest BCUT2D eigenvalue weighted by Gasteiger charge is -2.29. The molecule has 1 fully saturated rings. The number of aromatic nitrogens is 2. The van der Waals surface area contributed by atoms with Crippen molar-refractivity contribution in [2.75, 3.05) is 36.6 Å². The molecule has 0 spiro atoms. The van der Waals surface area contributed by atoms with Crippen molar-refractivity contribution in [3.8, 4) is 0 Å². The van der Waals surface area contributed by atoms with Gasteiger partial charge in [-0.1, -0.05) is 29.8 Å². The third-order valence-corrected chi connectivity index (χ3v) is 4.40. The third-order valence-electron chi connectivity index (χ3n) is 4.40. The van der Waals surface area contributed by atoms with Crippen LogP contribution in [0, 0.1) is 6.92 Å². The Labute approximate surface area is 159 Å². The second-order valence-electron chi connectivity index (χ2n) is 6.28. The molecule has 2 N–H and O–H groups in total. The Morgan fingerprint density at radius 3 is 2.88 bits per heavy atom. The number of fused-ring (bicyclic) bond motifs is 1. The van der Waals surface area contributed by atoms with Crippen LogP contribution in [0.5, 0.6) is 0 Å². The van der Waals surface area contributed by atoms with Crippen molar-refractivity contribution in [1.29, 1.82) is 0 Å². The largest absolute Gasteiger partial charge is 0.378 e. The number of hydrogen-bond donors (Lipinski definition) is 2. The van der Waals surface area contributed by atoms with Crippen molar-refractivity contribution >= 4 is 30.4 Å². The highest BCUT2D eigenvalue weighted by Crippen LogP contribution is 2.26. The van der Waals surface area contributed by atoms with E-state index in [1.807, 2.05) is 12.1 Å². The van der Waals surface area contributed by atoms with Crippen LogP contribution in [0.4, 0.5) is 11.8 Å². The van der Waals surface area contributed by atoms with E-state index in [4.69, 9.17) is 9.72 Å². The molecule has 0 amide bonds. The molecule has 8 heteroatoms. The second kappa shape index (κ2) is 8.44. The maximum absolute atomic E-state index is 5.45. The highest BCUT2D eigenvalue weighted by molar-refractivity contribution is 5.85. The van der Waals surface area contributed by atoms with E-state index in [1.165, 1.54) is 11.1 Å². The van der Waals surface area contributed by atoms with Crippen LogP contribution < -0.4 is 15.6 Å². The predicted octanol–water partition coefficient (Wildman–Crippen LogP) is 2.09. The van der Waals surface area contributed by atoms with Crippen molar-refractivity contribution in [2.45, 2.75) is 20.0 Å². The van der Waals surface area contributed by atoms with E-state index in [-0.39, 0.29) is 12.4 Å². The maximum atomic E-state index is 5.45. The molecule has 4 rings (SSSR count). The van der Waals surface area contributed by atoms with Gasteiger partial charge in [-0.05, 0) is 12.5 Å². The van der Waals surface area contributed by atoms with Gasteiger partial charge in [0.15, 0.2) is 0 Å². The molecule has 26 heavy (non-hydrogen) atoms. The van der Waals surface area contributed by atoms with Gasteiger partial charge in [-0.2, -0.15) is 10.1 Å². The number of benzene rings is 1. The number of rotatable bonds is 4. The average molecular weight is 375 g/mol. The maximum Gasteiger partial charge on any atom is 0.245 e. The van der Waals surface area contributed by atoms with Crippen LogP contribution in [0.2, 0.25) is 0 Å². The van der Waals surface area contributed by atoms with Gasteiger partial charge in [-0.15, -0.1) is 12.4 Å². The molecule has 2 aliphatic heterocycles. The molecule has 0 bridgehead atoms. The Balaban J connectivity index is 0.00000196. The van der Waals surface area contributed by atoms with E-state index in [2.05, 4.69) is 44.8 Å². The Morgan fingerprint density at radius 1 is 1.23 bits per heavy atom. The van der Waals surface area contributed by atoms with E-state index in [0.29, 0.717) is 5.95 Å². The van der Waals surface area contributed by atoms with Gasteiger partial charge in [0.25, 0.3) is 0 Å². The molecule has 2 aliphatic rings. The standard InChI is InChI=1S/C18H22N6O.ClH/c1-13-3-2-4-14(9-13)10-20-23-18-21-16-12-19-11-15(16)17(22-18)24-5-7-25-8-6-24;/h2-4,9-10,19H,5-8,11-12H2,1H3,(H,21,22,23);1H/b20-10+;. The first-order chi connectivity index (χ1) is 12.3. The van der Waals surface area contributed by atoms with Crippen LogP contribution in [-0.4, -0.2) is 42.5 Å². The lowest BCUT2D eigenvalue weighted by molar-refractivity contribution is 0.122. The fourth-order valence-corrected chi connectivity index (χ4v) is 3.15. The summed E-state index contributed by atoms with van der Waals surface area (Å²) in [7, 11) is 0. The van der Waals surface area contributed by atoms with Gasteiger partial charge in [-0.25, -0.2) is 10.4 Å². The van der Waals surface area contributed by atoms with E-state index < -0.39 is 0 Å². The second-order valence-corrected chi connectivity index (χ2v) is 6.28. The number of aryl methyl sites for hydroxylation is 1. The van der Waals surface area contributed by atoms with Gasteiger partial charge in [0, 0.05) is 31.7 Å². The summed E-state index contributed by atoms with van der Waals surface area (Å²) in [6, 6.07) is 8.18. The molecular weight excluding hydrogens is 352 g/mol. The number of ether oxygens (including phenoxy) is 1. The van der Waals surface area contributed by atoms with Gasteiger partial charge in [0.05, 0.1) is 25.1 Å². The number of halogens is 1. The molecule has 138 valence electrons. The first kappa shape index (κ1) is 18.6. The fraction of sp³-hybridized carbons (Fsp3) is 0.389. The van der Waals surface area contributed by atoms with E-state index >= 15 is 0 Å². The van der Waals surface area contributed by atoms with Crippen LogP contribution >= 0.6 is 12.4 Å². The fourth-order valence-electron chi connectivity index (χ4n) is 3.15. The predicted molar refractivity (Wildman–Crippen MR) is 105 cm³/mol. The molecular formula is C18H23ClN6O. The molecule has 0 saturated carbocycles. The minimum Gasteiger partial charge on any atom is -0.378 e. The highest BCUT2D eigenvalue weighted by Gasteiger charge is 2.23. The van der Waals surface area contributed by atoms with Crippen molar-refractivity contribution in [3.63, 3.8) is 0 Å². The van der Waals surface area contributed by atoms with Crippen molar-refractivity contribution < 1.29 is 4.74 Å². The zero-order chi connectivity index (χ0) is 17.1. The van der Waals surface area contributed by atoms with Crippen molar-refractivity contribution in [1.82, 2.24) is 15.3 Å². The number of nitrogens with one attached hydrogen (secondary N) is 2. The van der Waals surface area contributed by atoms with Gasteiger partial charge in [0.2, 0.25) is 5.95 Å². The SMILES string of the molecule is Cc1cccc(/C=N/Nc2nc3c(c(N4CCOCC4)n2)CNC3)c1.Cl. The number of hydrogen-bond acceptors (Lipinski definition) is 7. The van der Waals surface area contributed by atoms with E-state index in [9.17, 15) is 0 Å². The smallest absolute Gasteiger partial charge is 0.245 e. The Kier molecular flexibility index (Phi) is 6.03. The van der Waals surface area contributed by atoms with Gasteiger partial charge >= 0.3 is 0 Å². The van der Waals surface area contributed by atoms with Gasteiger partial charge < -0.3 is 15.0 Å². The first-order valence-electron chi connectivity index (χ1n) is 8.58. The minimum absolute atomic E-state index is 0. The molecule has 2 aromatic rings. The molecule has 1 saturated heterocycles. The number of anilines is 2. The van der Waals surface area contributed by atoms with Crippen LogP contribution in [0.25, 0.3) is 0 Å². The summed E-state index contributed by atoms with van der Waals surface area (Å²) < 4.78 is 5.45. The Hall–Kier alpha value is -2.22. The lowest BCUT2D eigenvalue weighted by Crippen LogP contribution is -2.37. The Morgan fingerprint density at radius 2 is 2.08 bits per heavy atom. The number of hydrazone groups is 1. The molecule has 7 nitrogen and oxygen atoms in total. The minimum atomic E-state index is 0. The normalized spacial score (nSPS) is 16.4. The van der Waals surface area contributed by atoms with Crippen LogP contribution in [0.3, 0.4) is 0 Å². The first-order valence-corrected chi connectivity index (χ1v) is 8.58. The van der Waals surface area contributed by atoms with Crippen molar-refractivity contribution in [3.05, 3.63) is 46.6 Å². The van der Waals surface area contributed by atoms with Crippen LogP contribution in [-0.2, 0) is 17.8 Å². The third kappa shape index (κ3) is 4.12. The summed E-state index contributed by atoms with van der Waals surface area (Å²) in [5.74, 6) is 1.53. The average Bonchev–Trinajstić information content (AvgIpc) is 3.10. The zero-order valence-electron chi connectivity index (χ0n) is 14.7. The lowest BCUT2D eigenvalue weighted by atomic mass is 10.2. The number of morpholine rings is 1. The molecule has 1 aromatic heterocycles. The van der Waals surface area contributed by atoms with Gasteiger partial charge in [0.1, 0.15) is 5.82 Å². The molecule has 0 atom stereocenters. The number of nitrogens with zero attached hydrogens (tertiary/aromatic N) is 4. The van der Waals surface area contributed by atoms with Crippen LogP contribution in [0.1, 0.15) is 22.4 Å². The molecule has 1 aromatic carbocycles. The molecule has 0 unspecified atom stereocenters. The quantitative estimate of drug-likeness (QED) is 0.630. The van der Waals surface area contributed by atoms with Crippen molar-refractivity contribution in [2.24, 2.45) is 5.10 Å². The summed E-state index contributed by atoms with van der Waals surface area (Å²) in [5, 5.41) is 7.66. The molecule has 0 radical (unpaired) electrons. The topological polar surface area (TPSA) is 74.7 Å². The van der Waals surface area contributed by atoms with E-state index in [0.717, 1.165) is 56.5 Å². The van der Waals surface area contributed by atoms with Gasteiger partial charge in [-0.3, -0.25) is 0 Å². The Bertz CT molecular complexity index is 791. The summed E-state index contributed by atoms with van der Waals surface area (Å²) in [5.41, 5.74) is 7.47. The molecule has 3 heterocycles. The zero-order valence-corrected chi connectivity index (χ0v) is 15.6. The van der Waals surface area contributed by atoms with Crippen LogP contribution in [0.15, 0.2) is 29.4 Å². The molecule has 0 aliphatic carbocycles. The summed E-state index contributed by atoms with van der Waals surface area (Å²) in [6.07, 6.45) is 1.79. The monoisotopic (exact) mass is 374 g/mol. The summed E-state index contributed by atoms with van der Waals surface area (Å²) in [6.45, 7) is 6.84. The highest BCUT2D eigenvalue weighted by atomic mass is 35.5. The van der Waals surface area contributed by atoms with E-state index in [1.54, 1.807) is 6.21 Å². The summed E-state index contributed by atoms with van der Waals surface area (Å²) >= 11 is 0.